The fourth-order valence-electron chi connectivity index (χ4n) is 3.43. The van der Waals surface area contributed by atoms with Gasteiger partial charge < -0.3 is 5.32 Å². The number of fused-ring (bicyclic) bond motifs is 1. The van der Waals surface area contributed by atoms with Crippen LogP contribution in [0, 0.1) is 20.8 Å². The topological polar surface area (TPSA) is 118 Å². The van der Waals surface area contributed by atoms with Gasteiger partial charge in [-0.2, -0.15) is 9.61 Å². The quantitative estimate of drug-likeness (QED) is 0.332. The van der Waals surface area contributed by atoms with Gasteiger partial charge in [0.05, 0.1) is 10.6 Å². The second-order valence-corrected chi connectivity index (χ2v) is 10.9. The van der Waals surface area contributed by atoms with Crippen molar-refractivity contribution in [2.45, 2.75) is 37.1 Å². The van der Waals surface area contributed by atoms with E-state index in [1.54, 1.807) is 40.9 Å². The molecular formula is C24H26N6O3S2. The normalized spacial score (nSPS) is 11.6. The maximum absolute atomic E-state index is 12.5. The van der Waals surface area contributed by atoms with Crippen molar-refractivity contribution in [2.75, 3.05) is 17.6 Å². The zero-order valence-corrected chi connectivity index (χ0v) is 21.3. The van der Waals surface area contributed by atoms with Crippen molar-refractivity contribution in [1.82, 2.24) is 24.5 Å². The van der Waals surface area contributed by atoms with Gasteiger partial charge in [0, 0.05) is 18.7 Å². The third-order valence-electron chi connectivity index (χ3n) is 5.28. The van der Waals surface area contributed by atoms with Gasteiger partial charge in [0.2, 0.25) is 15.9 Å². The molecule has 0 aliphatic heterocycles. The minimum Gasteiger partial charge on any atom is -0.325 e. The van der Waals surface area contributed by atoms with Crippen molar-refractivity contribution in [3.8, 4) is 0 Å². The molecule has 9 nitrogen and oxygen atoms in total. The maximum Gasteiger partial charge on any atom is 0.240 e. The number of hydrogen-bond acceptors (Lipinski definition) is 7. The molecule has 182 valence electrons. The number of carbonyl (C=O) groups is 1. The number of sulfonamides is 1. The summed E-state index contributed by atoms with van der Waals surface area (Å²) in [5.74, 6) is 0.590. The van der Waals surface area contributed by atoms with Gasteiger partial charge in [0.15, 0.2) is 11.5 Å². The average molecular weight is 511 g/mol. The fourth-order valence-corrected chi connectivity index (χ4v) is 5.11. The Kier molecular flexibility index (Phi) is 7.48. The van der Waals surface area contributed by atoms with Gasteiger partial charge in [-0.15, -0.1) is 10.2 Å². The molecule has 2 aromatic heterocycles. The predicted molar refractivity (Wildman–Crippen MR) is 136 cm³/mol. The van der Waals surface area contributed by atoms with Crippen molar-refractivity contribution >= 4 is 39.0 Å². The Labute approximate surface area is 208 Å². The van der Waals surface area contributed by atoms with Crippen LogP contribution >= 0.6 is 11.8 Å². The first-order chi connectivity index (χ1) is 16.7. The van der Waals surface area contributed by atoms with Crippen LogP contribution in [0.5, 0.6) is 0 Å². The summed E-state index contributed by atoms with van der Waals surface area (Å²) in [6.07, 6.45) is 0.306. The lowest BCUT2D eigenvalue weighted by Gasteiger charge is -2.09. The van der Waals surface area contributed by atoms with E-state index in [4.69, 9.17) is 0 Å². The summed E-state index contributed by atoms with van der Waals surface area (Å²) in [7, 11) is -3.62. The van der Waals surface area contributed by atoms with E-state index in [9.17, 15) is 13.2 Å². The number of aromatic nitrogens is 4. The lowest BCUT2D eigenvalue weighted by molar-refractivity contribution is -0.113. The third-order valence-corrected chi connectivity index (χ3v) is 7.68. The molecule has 0 fully saturated rings. The van der Waals surface area contributed by atoms with E-state index in [1.165, 1.54) is 11.8 Å². The van der Waals surface area contributed by atoms with Crippen molar-refractivity contribution in [2.24, 2.45) is 0 Å². The first-order valence-corrected chi connectivity index (χ1v) is 13.5. The highest BCUT2D eigenvalue weighted by molar-refractivity contribution is 7.99. The van der Waals surface area contributed by atoms with Crippen LogP contribution in [0.25, 0.3) is 5.65 Å². The van der Waals surface area contributed by atoms with Crippen molar-refractivity contribution < 1.29 is 13.2 Å². The lowest BCUT2D eigenvalue weighted by Crippen LogP contribution is -2.26. The lowest BCUT2D eigenvalue weighted by atomic mass is 10.1. The number of hydrogen-bond donors (Lipinski definition) is 2. The average Bonchev–Trinajstić information content (AvgIpc) is 3.22. The van der Waals surface area contributed by atoms with Gasteiger partial charge in [0.1, 0.15) is 5.03 Å². The molecule has 4 aromatic rings. The number of nitrogens with one attached hydrogen (secondary N) is 2. The molecule has 0 spiro atoms. The summed E-state index contributed by atoms with van der Waals surface area (Å²) in [4.78, 5) is 12.6. The Balaban J connectivity index is 1.36. The van der Waals surface area contributed by atoms with Gasteiger partial charge in [-0.3, -0.25) is 4.79 Å². The highest BCUT2D eigenvalue weighted by Gasteiger charge is 2.15. The van der Waals surface area contributed by atoms with Gasteiger partial charge in [0.25, 0.3) is 0 Å². The van der Waals surface area contributed by atoms with E-state index >= 15 is 0 Å². The molecule has 2 aromatic carbocycles. The van der Waals surface area contributed by atoms with Crippen LogP contribution in [0.1, 0.15) is 22.5 Å². The van der Waals surface area contributed by atoms with Gasteiger partial charge >= 0.3 is 0 Å². The van der Waals surface area contributed by atoms with Crippen LogP contribution in [-0.2, 0) is 21.2 Å². The van der Waals surface area contributed by atoms with Crippen molar-refractivity contribution in [3.05, 3.63) is 77.1 Å². The van der Waals surface area contributed by atoms with Crippen LogP contribution in [0.2, 0.25) is 0 Å². The number of nitrogens with zero attached hydrogens (tertiary/aromatic N) is 4. The maximum atomic E-state index is 12.5. The van der Waals surface area contributed by atoms with Gasteiger partial charge in [-0.05, 0) is 56.7 Å². The Bertz CT molecular complexity index is 1470. The van der Waals surface area contributed by atoms with E-state index in [0.717, 1.165) is 22.4 Å². The molecule has 0 bridgehead atoms. The van der Waals surface area contributed by atoms with Crippen LogP contribution in [0.3, 0.4) is 0 Å². The summed E-state index contributed by atoms with van der Waals surface area (Å²) in [6.45, 7) is 6.01. The van der Waals surface area contributed by atoms with Crippen LogP contribution in [-0.4, -0.2) is 46.4 Å². The smallest absolute Gasteiger partial charge is 0.240 e. The molecule has 0 unspecified atom stereocenters. The molecule has 0 aliphatic rings. The molecule has 35 heavy (non-hydrogen) atoms. The van der Waals surface area contributed by atoms with Crippen LogP contribution in [0.4, 0.5) is 5.69 Å². The molecule has 2 heterocycles. The largest absolute Gasteiger partial charge is 0.325 e. The molecule has 4 rings (SSSR count). The predicted octanol–water partition coefficient (Wildman–Crippen LogP) is 3.30. The molecule has 1 amide bonds. The number of thioether (sulfide) groups is 1. The number of amides is 1. The van der Waals surface area contributed by atoms with E-state index in [0.29, 0.717) is 22.9 Å². The number of benzene rings is 2. The van der Waals surface area contributed by atoms with Crippen LogP contribution < -0.4 is 10.0 Å². The SMILES string of the molecule is Cc1ccc(S(=O)(=O)NCCc2nnc3ccc(SCC(=O)Nc4ccc(C)cc4C)nn23)cc1. The van der Waals surface area contributed by atoms with E-state index in [1.807, 2.05) is 39.0 Å². The highest BCUT2D eigenvalue weighted by Crippen LogP contribution is 2.19. The molecule has 0 radical (unpaired) electrons. The molecule has 0 atom stereocenters. The number of carbonyl (C=O) groups excluding carboxylic acids is 1. The summed E-state index contributed by atoms with van der Waals surface area (Å²) in [5.41, 5.74) is 4.47. The summed E-state index contributed by atoms with van der Waals surface area (Å²) in [5, 5.41) is 16.3. The van der Waals surface area contributed by atoms with Crippen molar-refractivity contribution in [3.63, 3.8) is 0 Å². The fraction of sp³-hybridized carbons (Fsp3) is 0.250. The summed E-state index contributed by atoms with van der Waals surface area (Å²) >= 11 is 1.30. The second kappa shape index (κ2) is 10.5. The van der Waals surface area contributed by atoms with Gasteiger partial charge in [-0.25, -0.2) is 13.1 Å². The second-order valence-electron chi connectivity index (χ2n) is 8.17. The zero-order valence-electron chi connectivity index (χ0n) is 19.6. The highest BCUT2D eigenvalue weighted by atomic mass is 32.2. The standard InChI is InChI=1S/C24H26N6O3S2/c1-16-4-7-19(8-5-16)35(32,33)25-13-12-22-28-27-21-10-11-24(29-30(21)22)34-15-23(31)26-20-9-6-17(2)14-18(20)3/h4-11,14,25H,12-13,15H2,1-3H3,(H,26,31). The minimum absolute atomic E-state index is 0.127. The Morgan fingerprint density at radius 2 is 1.71 bits per heavy atom. The number of aryl methyl sites for hydroxylation is 3. The molecule has 0 saturated heterocycles. The number of rotatable bonds is 9. The molecule has 0 aliphatic carbocycles. The van der Waals surface area contributed by atoms with E-state index < -0.39 is 10.0 Å². The van der Waals surface area contributed by atoms with E-state index in [2.05, 4.69) is 25.3 Å². The summed E-state index contributed by atoms with van der Waals surface area (Å²) in [6, 6.07) is 16.1. The minimum atomic E-state index is -3.62. The molecular weight excluding hydrogens is 484 g/mol. The Morgan fingerprint density at radius 3 is 2.46 bits per heavy atom. The summed E-state index contributed by atoms with van der Waals surface area (Å²) < 4.78 is 29.2. The Morgan fingerprint density at radius 1 is 0.971 bits per heavy atom. The van der Waals surface area contributed by atoms with Crippen molar-refractivity contribution in [1.29, 1.82) is 0 Å². The molecule has 11 heteroatoms. The van der Waals surface area contributed by atoms with Gasteiger partial charge in [-0.1, -0.05) is 47.2 Å². The van der Waals surface area contributed by atoms with E-state index in [-0.39, 0.29) is 23.1 Å². The first-order valence-electron chi connectivity index (χ1n) is 11.0. The molecule has 2 N–H and O–H groups in total. The first kappa shape index (κ1) is 24.8. The Hall–Kier alpha value is -3.28. The zero-order chi connectivity index (χ0) is 25.0. The third kappa shape index (κ3) is 6.24. The monoisotopic (exact) mass is 510 g/mol. The molecule has 0 saturated carbocycles. The number of anilines is 1. The van der Waals surface area contributed by atoms with Crippen LogP contribution in [0.15, 0.2) is 64.5 Å².